The standard InChI is InChI=1S/C12H17NO3S/c1-13-5-4-8-6-10(12(14)16-3)17-11(8)9(7-13)15-2/h6,9H,4-5,7H2,1-3H3. The largest absolute Gasteiger partial charge is 0.465 e. The van der Waals surface area contributed by atoms with Gasteiger partial charge in [-0.05, 0) is 25.1 Å². The SMILES string of the molecule is COC(=O)c1cc2c(s1)C(OC)CN(C)CC2. The Bertz CT molecular complexity index is 416. The molecule has 0 aliphatic carbocycles. The van der Waals surface area contributed by atoms with Gasteiger partial charge in [-0.2, -0.15) is 0 Å². The quantitative estimate of drug-likeness (QED) is 0.754. The lowest BCUT2D eigenvalue weighted by atomic mass is 10.1. The molecule has 2 rings (SSSR count). The Morgan fingerprint density at radius 2 is 2.29 bits per heavy atom. The van der Waals surface area contributed by atoms with E-state index in [2.05, 4.69) is 11.9 Å². The third-order valence-corrected chi connectivity index (χ3v) is 4.30. The summed E-state index contributed by atoms with van der Waals surface area (Å²) in [7, 11) is 5.21. The van der Waals surface area contributed by atoms with Gasteiger partial charge in [-0.1, -0.05) is 0 Å². The summed E-state index contributed by atoms with van der Waals surface area (Å²) < 4.78 is 10.3. The zero-order chi connectivity index (χ0) is 12.4. The average molecular weight is 255 g/mol. The number of hydrogen-bond donors (Lipinski definition) is 0. The molecule has 0 saturated heterocycles. The van der Waals surface area contributed by atoms with Crippen molar-refractivity contribution >= 4 is 17.3 Å². The highest BCUT2D eigenvalue weighted by atomic mass is 32.1. The van der Waals surface area contributed by atoms with Crippen molar-refractivity contribution in [2.75, 3.05) is 34.4 Å². The topological polar surface area (TPSA) is 38.8 Å². The van der Waals surface area contributed by atoms with Crippen LogP contribution in [0.3, 0.4) is 0 Å². The maximum atomic E-state index is 11.5. The van der Waals surface area contributed by atoms with E-state index in [4.69, 9.17) is 9.47 Å². The van der Waals surface area contributed by atoms with Crippen LogP contribution < -0.4 is 0 Å². The second-order valence-electron chi connectivity index (χ2n) is 4.23. The molecular weight excluding hydrogens is 238 g/mol. The molecule has 0 spiro atoms. The van der Waals surface area contributed by atoms with Crippen LogP contribution in [0.1, 0.15) is 26.2 Å². The van der Waals surface area contributed by atoms with Crippen LogP contribution in [-0.4, -0.2) is 45.2 Å². The minimum Gasteiger partial charge on any atom is -0.465 e. The van der Waals surface area contributed by atoms with Crippen molar-refractivity contribution in [3.05, 3.63) is 21.4 Å². The molecule has 1 aromatic heterocycles. The fourth-order valence-electron chi connectivity index (χ4n) is 2.06. The Hall–Kier alpha value is -0.910. The summed E-state index contributed by atoms with van der Waals surface area (Å²) in [5.74, 6) is -0.258. The van der Waals surface area contributed by atoms with Crippen molar-refractivity contribution in [3.63, 3.8) is 0 Å². The van der Waals surface area contributed by atoms with Gasteiger partial charge in [0.25, 0.3) is 0 Å². The maximum absolute atomic E-state index is 11.5. The van der Waals surface area contributed by atoms with Crippen LogP contribution >= 0.6 is 11.3 Å². The molecule has 2 heterocycles. The van der Waals surface area contributed by atoms with Crippen LogP contribution in [0.4, 0.5) is 0 Å². The molecule has 4 nitrogen and oxygen atoms in total. The normalized spacial score (nSPS) is 20.8. The molecule has 0 saturated carbocycles. The summed E-state index contributed by atoms with van der Waals surface area (Å²) in [6.07, 6.45) is 1.01. The van der Waals surface area contributed by atoms with Crippen molar-refractivity contribution in [2.45, 2.75) is 12.5 Å². The predicted molar refractivity (Wildman–Crippen MR) is 66.6 cm³/mol. The molecule has 0 bridgehead atoms. The first kappa shape index (κ1) is 12.5. The van der Waals surface area contributed by atoms with Crippen molar-refractivity contribution in [1.29, 1.82) is 0 Å². The van der Waals surface area contributed by atoms with E-state index in [1.165, 1.54) is 24.0 Å². The van der Waals surface area contributed by atoms with Gasteiger partial charge >= 0.3 is 5.97 Å². The number of carbonyl (C=O) groups excluding carboxylic acids is 1. The highest BCUT2D eigenvalue weighted by molar-refractivity contribution is 7.14. The number of thiophene rings is 1. The molecule has 94 valence electrons. The van der Waals surface area contributed by atoms with Gasteiger partial charge in [-0.3, -0.25) is 0 Å². The monoisotopic (exact) mass is 255 g/mol. The van der Waals surface area contributed by atoms with Gasteiger partial charge in [0.1, 0.15) is 11.0 Å². The number of rotatable bonds is 2. The van der Waals surface area contributed by atoms with Crippen LogP contribution in [0.2, 0.25) is 0 Å². The van der Waals surface area contributed by atoms with E-state index in [1.807, 2.05) is 6.07 Å². The minimum atomic E-state index is -0.258. The van der Waals surface area contributed by atoms with Gasteiger partial charge in [0.15, 0.2) is 0 Å². The number of likely N-dealkylation sites (N-methyl/N-ethyl adjacent to an activating group) is 1. The van der Waals surface area contributed by atoms with E-state index in [0.29, 0.717) is 4.88 Å². The van der Waals surface area contributed by atoms with Crippen LogP contribution in [0, 0.1) is 0 Å². The number of esters is 1. The minimum absolute atomic E-state index is 0.0564. The Balaban J connectivity index is 2.33. The van der Waals surface area contributed by atoms with Crippen LogP contribution in [0.25, 0.3) is 0 Å². The van der Waals surface area contributed by atoms with Gasteiger partial charge in [0, 0.05) is 25.1 Å². The van der Waals surface area contributed by atoms with Crippen molar-refractivity contribution < 1.29 is 14.3 Å². The van der Waals surface area contributed by atoms with Crippen LogP contribution in [0.15, 0.2) is 6.07 Å². The summed E-state index contributed by atoms with van der Waals surface area (Å²) >= 11 is 1.49. The molecule has 0 N–H and O–H groups in total. The number of methoxy groups -OCH3 is 2. The van der Waals surface area contributed by atoms with E-state index >= 15 is 0 Å². The summed E-state index contributed by atoms with van der Waals surface area (Å²) in [4.78, 5) is 15.6. The van der Waals surface area contributed by atoms with Crippen molar-refractivity contribution in [1.82, 2.24) is 4.90 Å². The average Bonchev–Trinajstić information content (AvgIpc) is 2.70. The lowest BCUT2D eigenvalue weighted by molar-refractivity contribution is 0.0606. The molecule has 5 heteroatoms. The molecular formula is C12H17NO3S. The van der Waals surface area contributed by atoms with Gasteiger partial charge < -0.3 is 14.4 Å². The zero-order valence-electron chi connectivity index (χ0n) is 10.4. The van der Waals surface area contributed by atoms with E-state index in [1.54, 1.807) is 7.11 Å². The molecule has 0 radical (unpaired) electrons. The van der Waals surface area contributed by atoms with Gasteiger partial charge in [-0.15, -0.1) is 11.3 Å². The summed E-state index contributed by atoms with van der Waals surface area (Å²) in [5, 5.41) is 0. The van der Waals surface area contributed by atoms with E-state index in [-0.39, 0.29) is 12.1 Å². The molecule has 1 aliphatic rings. The van der Waals surface area contributed by atoms with E-state index in [0.717, 1.165) is 24.4 Å². The molecule has 1 aromatic rings. The lowest BCUT2D eigenvalue weighted by Crippen LogP contribution is -2.24. The Labute approximate surface area is 105 Å². The smallest absolute Gasteiger partial charge is 0.348 e. The number of fused-ring (bicyclic) bond motifs is 1. The number of nitrogens with zero attached hydrogens (tertiary/aromatic N) is 1. The summed E-state index contributed by atoms with van der Waals surface area (Å²) in [5.41, 5.74) is 1.21. The molecule has 0 aromatic carbocycles. The van der Waals surface area contributed by atoms with Gasteiger partial charge in [-0.25, -0.2) is 4.79 Å². The summed E-state index contributed by atoms with van der Waals surface area (Å²) in [6.45, 7) is 1.86. The zero-order valence-corrected chi connectivity index (χ0v) is 11.2. The number of ether oxygens (including phenoxy) is 2. The van der Waals surface area contributed by atoms with Crippen molar-refractivity contribution in [3.8, 4) is 0 Å². The number of hydrogen-bond acceptors (Lipinski definition) is 5. The first-order chi connectivity index (χ1) is 8.15. The first-order valence-corrected chi connectivity index (χ1v) is 6.39. The molecule has 17 heavy (non-hydrogen) atoms. The Kier molecular flexibility index (Phi) is 3.81. The van der Waals surface area contributed by atoms with Crippen LogP contribution in [0.5, 0.6) is 0 Å². The molecule has 1 atom stereocenters. The Morgan fingerprint density at radius 1 is 1.53 bits per heavy atom. The Morgan fingerprint density at radius 3 is 2.94 bits per heavy atom. The van der Waals surface area contributed by atoms with Gasteiger partial charge in [0.05, 0.1) is 7.11 Å². The predicted octanol–water partition coefficient (Wildman–Crippen LogP) is 1.71. The molecule has 1 unspecified atom stereocenters. The summed E-state index contributed by atoms with van der Waals surface area (Å²) in [6, 6.07) is 1.94. The molecule has 0 amide bonds. The third kappa shape index (κ3) is 2.51. The lowest BCUT2D eigenvalue weighted by Gasteiger charge is -2.18. The second-order valence-corrected chi connectivity index (χ2v) is 5.31. The maximum Gasteiger partial charge on any atom is 0.348 e. The van der Waals surface area contributed by atoms with E-state index in [9.17, 15) is 4.79 Å². The third-order valence-electron chi connectivity index (χ3n) is 3.05. The second kappa shape index (κ2) is 5.16. The molecule has 1 aliphatic heterocycles. The van der Waals surface area contributed by atoms with Gasteiger partial charge in [0.2, 0.25) is 0 Å². The highest BCUT2D eigenvalue weighted by Gasteiger charge is 2.25. The number of carbonyl (C=O) groups is 1. The fraction of sp³-hybridized carbons (Fsp3) is 0.583. The fourth-order valence-corrected chi connectivity index (χ4v) is 3.26. The van der Waals surface area contributed by atoms with E-state index < -0.39 is 0 Å². The highest BCUT2D eigenvalue weighted by Crippen LogP contribution is 2.33. The van der Waals surface area contributed by atoms with Crippen LogP contribution in [-0.2, 0) is 15.9 Å². The van der Waals surface area contributed by atoms with Crippen molar-refractivity contribution in [2.24, 2.45) is 0 Å². The molecule has 0 fully saturated rings. The first-order valence-electron chi connectivity index (χ1n) is 5.58.